The zero-order valence-electron chi connectivity index (χ0n) is 14.2. The Morgan fingerprint density at radius 3 is 2.41 bits per heavy atom. The predicted molar refractivity (Wildman–Crippen MR) is 85.2 cm³/mol. The summed E-state index contributed by atoms with van der Waals surface area (Å²) in [5, 5.41) is 0. The highest BCUT2D eigenvalue weighted by molar-refractivity contribution is 5.87. The molecule has 0 spiro atoms. The Bertz CT molecular complexity index is 544. The molecule has 0 aromatic heterocycles. The summed E-state index contributed by atoms with van der Waals surface area (Å²) in [5.74, 6) is 0.585. The van der Waals surface area contributed by atoms with Gasteiger partial charge in [-0.1, -0.05) is 6.07 Å². The van der Waals surface area contributed by atoms with E-state index in [0.29, 0.717) is 13.2 Å². The first-order valence-corrected chi connectivity index (χ1v) is 7.91. The van der Waals surface area contributed by atoms with Crippen LogP contribution in [0.4, 0.5) is 0 Å². The summed E-state index contributed by atoms with van der Waals surface area (Å²) < 4.78 is 16.6. The van der Waals surface area contributed by atoms with E-state index in [-0.39, 0.29) is 5.97 Å². The largest absolute Gasteiger partial charge is 0.494 e. The first kappa shape index (κ1) is 16.8. The topological polar surface area (TPSA) is 44.8 Å². The molecule has 0 saturated heterocycles. The third-order valence-corrected chi connectivity index (χ3v) is 4.32. The average molecular weight is 306 g/mol. The van der Waals surface area contributed by atoms with E-state index in [1.807, 2.05) is 45.9 Å². The number of rotatable bonds is 7. The fourth-order valence-electron chi connectivity index (χ4n) is 2.91. The number of benzene rings is 1. The van der Waals surface area contributed by atoms with E-state index in [1.54, 1.807) is 0 Å². The standard InChI is InChI=1S/C18H26O4/c1-6-21-15-9-8-13(17(3,4)22-7-2)12-14(15)18(10-11-18)16(19)20-5/h8-9,12H,6-7,10-11H2,1-5H3. The van der Waals surface area contributed by atoms with Crippen molar-refractivity contribution in [3.05, 3.63) is 29.3 Å². The number of hydrogen-bond acceptors (Lipinski definition) is 4. The minimum atomic E-state index is -0.544. The first-order chi connectivity index (χ1) is 10.4. The predicted octanol–water partition coefficient (Wildman–Crippen LogP) is 3.56. The van der Waals surface area contributed by atoms with E-state index < -0.39 is 11.0 Å². The fourth-order valence-corrected chi connectivity index (χ4v) is 2.91. The Balaban J connectivity index is 2.48. The van der Waals surface area contributed by atoms with Crippen LogP contribution in [0.15, 0.2) is 18.2 Å². The smallest absolute Gasteiger partial charge is 0.316 e. The molecule has 22 heavy (non-hydrogen) atoms. The van der Waals surface area contributed by atoms with Crippen LogP contribution in [0, 0.1) is 0 Å². The van der Waals surface area contributed by atoms with Gasteiger partial charge in [-0.15, -0.1) is 0 Å². The molecule has 0 bridgehead atoms. The van der Waals surface area contributed by atoms with Gasteiger partial charge in [0.05, 0.1) is 24.7 Å². The molecule has 0 unspecified atom stereocenters. The summed E-state index contributed by atoms with van der Waals surface area (Å²) >= 11 is 0. The van der Waals surface area contributed by atoms with Crippen molar-refractivity contribution in [3.63, 3.8) is 0 Å². The second kappa shape index (κ2) is 6.29. The molecule has 1 aliphatic rings. The maximum absolute atomic E-state index is 12.2. The molecular formula is C18H26O4. The normalized spacial score (nSPS) is 16.2. The van der Waals surface area contributed by atoms with Crippen LogP contribution in [0.5, 0.6) is 5.75 Å². The highest BCUT2D eigenvalue weighted by Crippen LogP contribution is 2.53. The molecule has 1 aliphatic carbocycles. The van der Waals surface area contributed by atoms with Gasteiger partial charge in [-0.2, -0.15) is 0 Å². The van der Waals surface area contributed by atoms with Crippen LogP contribution in [0.3, 0.4) is 0 Å². The monoisotopic (exact) mass is 306 g/mol. The molecule has 1 aromatic carbocycles. The summed E-state index contributed by atoms with van der Waals surface area (Å²) in [7, 11) is 1.44. The van der Waals surface area contributed by atoms with E-state index in [2.05, 4.69) is 0 Å². The van der Waals surface area contributed by atoms with Gasteiger partial charge in [-0.3, -0.25) is 4.79 Å². The van der Waals surface area contributed by atoms with Gasteiger partial charge in [0.1, 0.15) is 5.75 Å². The van der Waals surface area contributed by atoms with E-state index >= 15 is 0 Å². The molecule has 1 aromatic rings. The molecule has 1 saturated carbocycles. The van der Waals surface area contributed by atoms with Crippen molar-refractivity contribution in [3.8, 4) is 5.75 Å². The second-order valence-electron chi connectivity index (χ2n) is 6.16. The first-order valence-electron chi connectivity index (χ1n) is 7.91. The van der Waals surface area contributed by atoms with Gasteiger partial charge in [0, 0.05) is 12.2 Å². The number of esters is 1. The van der Waals surface area contributed by atoms with Crippen LogP contribution >= 0.6 is 0 Å². The highest BCUT2D eigenvalue weighted by atomic mass is 16.5. The molecule has 122 valence electrons. The van der Waals surface area contributed by atoms with E-state index in [1.165, 1.54) is 7.11 Å². The minimum Gasteiger partial charge on any atom is -0.494 e. The van der Waals surface area contributed by atoms with Crippen LogP contribution < -0.4 is 4.74 Å². The summed E-state index contributed by atoms with van der Waals surface area (Å²) in [6.07, 6.45) is 1.61. The van der Waals surface area contributed by atoms with Crippen molar-refractivity contribution in [2.45, 2.75) is 51.6 Å². The minimum absolute atomic E-state index is 0.181. The van der Waals surface area contributed by atoms with Crippen molar-refractivity contribution in [2.24, 2.45) is 0 Å². The molecule has 0 heterocycles. The zero-order chi connectivity index (χ0) is 16.4. The van der Waals surface area contributed by atoms with Gasteiger partial charge < -0.3 is 14.2 Å². The third kappa shape index (κ3) is 2.98. The van der Waals surface area contributed by atoms with Crippen molar-refractivity contribution in [1.29, 1.82) is 0 Å². The van der Waals surface area contributed by atoms with Gasteiger partial charge in [-0.05, 0) is 58.2 Å². The SMILES string of the molecule is CCOc1ccc(C(C)(C)OCC)cc1C1(C(=O)OC)CC1. The molecule has 1 fully saturated rings. The maximum atomic E-state index is 12.2. The average Bonchev–Trinajstić information content (AvgIpc) is 3.28. The van der Waals surface area contributed by atoms with Crippen molar-refractivity contribution >= 4 is 5.97 Å². The Hall–Kier alpha value is -1.55. The molecule has 0 amide bonds. The van der Waals surface area contributed by atoms with Crippen LogP contribution in [0.25, 0.3) is 0 Å². The lowest BCUT2D eigenvalue weighted by Crippen LogP contribution is -2.26. The molecule has 0 radical (unpaired) electrons. The number of carbonyl (C=O) groups excluding carboxylic acids is 1. The van der Waals surface area contributed by atoms with Gasteiger partial charge in [0.15, 0.2) is 0 Å². The van der Waals surface area contributed by atoms with Crippen LogP contribution in [-0.2, 0) is 25.3 Å². The Kier molecular flexibility index (Phi) is 4.81. The Labute approximate surface area is 132 Å². The molecular weight excluding hydrogens is 280 g/mol. The third-order valence-electron chi connectivity index (χ3n) is 4.32. The van der Waals surface area contributed by atoms with Gasteiger partial charge in [-0.25, -0.2) is 0 Å². The van der Waals surface area contributed by atoms with Crippen LogP contribution in [0.2, 0.25) is 0 Å². The van der Waals surface area contributed by atoms with Crippen molar-refractivity contribution in [1.82, 2.24) is 0 Å². The highest BCUT2D eigenvalue weighted by Gasteiger charge is 2.54. The molecule has 4 heteroatoms. The summed E-state index contributed by atoms with van der Waals surface area (Å²) in [4.78, 5) is 12.2. The van der Waals surface area contributed by atoms with E-state index in [9.17, 15) is 4.79 Å². The second-order valence-corrected chi connectivity index (χ2v) is 6.16. The molecule has 0 atom stereocenters. The molecule has 2 rings (SSSR count). The number of carbonyl (C=O) groups is 1. The summed E-state index contributed by atoms with van der Waals surface area (Å²) in [5.41, 5.74) is 1.02. The van der Waals surface area contributed by atoms with Gasteiger partial charge in [0.25, 0.3) is 0 Å². The Morgan fingerprint density at radius 2 is 1.91 bits per heavy atom. The lowest BCUT2D eigenvalue weighted by molar-refractivity contribution is -0.143. The van der Waals surface area contributed by atoms with Gasteiger partial charge in [0.2, 0.25) is 0 Å². The van der Waals surface area contributed by atoms with Gasteiger partial charge >= 0.3 is 5.97 Å². The van der Waals surface area contributed by atoms with E-state index in [0.717, 1.165) is 29.7 Å². The quantitative estimate of drug-likeness (QED) is 0.723. The Morgan fingerprint density at radius 1 is 1.23 bits per heavy atom. The molecule has 4 nitrogen and oxygen atoms in total. The zero-order valence-corrected chi connectivity index (χ0v) is 14.2. The van der Waals surface area contributed by atoms with Crippen LogP contribution in [0.1, 0.15) is 51.7 Å². The lowest BCUT2D eigenvalue weighted by atomic mass is 9.89. The number of hydrogen-bond donors (Lipinski definition) is 0. The summed E-state index contributed by atoms with van der Waals surface area (Å²) in [6.45, 7) is 9.20. The summed E-state index contributed by atoms with van der Waals surface area (Å²) in [6, 6.07) is 6.00. The lowest BCUT2D eigenvalue weighted by Gasteiger charge is -2.27. The van der Waals surface area contributed by atoms with Crippen molar-refractivity contribution in [2.75, 3.05) is 20.3 Å². The fraction of sp³-hybridized carbons (Fsp3) is 0.611. The van der Waals surface area contributed by atoms with Crippen LogP contribution in [-0.4, -0.2) is 26.3 Å². The number of methoxy groups -OCH3 is 1. The number of ether oxygens (including phenoxy) is 3. The maximum Gasteiger partial charge on any atom is 0.316 e. The van der Waals surface area contributed by atoms with E-state index in [4.69, 9.17) is 14.2 Å². The molecule has 0 aliphatic heterocycles. The van der Waals surface area contributed by atoms with Crippen molar-refractivity contribution < 1.29 is 19.0 Å². The molecule has 0 N–H and O–H groups in total.